The molecule has 0 saturated heterocycles. The lowest BCUT2D eigenvalue weighted by molar-refractivity contribution is 0.0952. The van der Waals surface area contributed by atoms with E-state index < -0.39 is 5.91 Å². The van der Waals surface area contributed by atoms with Crippen LogP contribution >= 0.6 is 0 Å². The second kappa shape index (κ2) is 7.19. The van der Waals surface area contributed by atoms with Crippen LogP contribution in [0.3, 0.4) is 0 Å². The highest BCUT2D eigenvalue weighted by molar-refractivity contribution is 5.93. The summed E-state index contributed by atoms with van der Waals surface area (Å²) in [5, 5.41) is 9.35. The Kier molecular flexibility index (Phi) is 4.62. The minimum Gasteiger partial charge on any atom is -0.463 e. The topological polar surface area (TPSA) is 114 Å². The van der Waals surface area contributed by atoms with Crippen LogP contribution in [-0.4, -0.2) is 28.6 Å². The van der Waals surface area contributed by atoms with E-state index in [2.05, 4.69) is 27.4 Å². The number of nitrogens with one attached hydrogen (secondary N) is 2. The van der Waals surface area contributed by atoms with Crippen molar-refractivity contribution in [1.29, 1.82) is 0 Å². The van der Waals surface area contributed by atoms with Crippen molar-refractivity contribution in [2.24, 2.45) is 5.73 Å². The summed E-state index contributed by atoms with van der Waals surface area (Å²) in [6.07, 6.45) is 1.54. The third-order valence-corrected chi connectivity index (χ3v) is 3.34. The highest BCUT2D eigenvalue weighted by Gasteiger charge is 2.11. The molecule has 3 rings (SSSR count). The Hall–Kier alpha value is -3.79. The lowest BCUT2D eigenvalue weighted by Crippen LogP contribution is -2.23. The summed E-state index contributed by atoms with van der Waals surface area (Å²) in [4.78, 5) is 23.0. The van der Waals surface area contributed by atoms with Gasteiger partial charge >= 0.3 is 0 Å². The average Bonchev–Trinajstić information content (AvgIpc) is 3.29. The molecule has 2 heterocycles. The summed E-state index contributed by atoms with van der Waals surface area (Å²) in [5.74, 6) is 5.49. The number of carbonyl (C=O) groups excluding carboxylic acids is 2. The van der Waals surface area contributed by atoms with E-state index in [1.807, 2.05) is 0 Å². The molecule has 2 aromatic heterocycles. The lowest BCUT2D eigenvalue weighted by Gasteiger charge is -1.96. The Labute approximate surface area is 143 Å². The quantitative estimate of drug-likeness (QED) is 0.628. The van der Waals surface area contributed by atoms with Crippen molar-refractivity contribution in [3.63, 3.8) is 0 Å². The summed E-state index contributed by atoms with van der Waals surface area (Å²) >= 11 is 0. The molecule has 4 N–H and O–H groups in total. The molecular formula is C18H14N4O3. The smallest absolute Gasteiger partial charge is 0.272 e. The van der Waals surface area contributed by atoms with Gasteiger partial charge in [0, 0.05) is 17.2 Å². The average molecular weight is 334 g/mol. The number of nitrogens with two attached hydrogens (primary N) is 1. The number of primary amides is 1. The summed E-state index contributed by atoms with van der Waals surface area (Å²) in [5.41, 5.74) is 7.18. The monoisotopic (exact) mass is 334 g/mol. The molecule has 0 saturated carbocycles. The number of aromatic nitrogens is 2. The Morgan fingerprint density at radius 1 is 1.24 bits per heavy atom. The van der Waals surface area contributed by atoms with Crippen LogP contribution in [-0.2, 0) is 0 Å². The van der Waals surface area contributed by atoms with E-state index in [0.29, 0.717) is 17.0 Å². The van der Waals surface area contributed by atoms with Gasteiger partial charge in [-0.1, -0.05) is 11.8 Å². The van der Waals surface area contributed by atoms with Gasteiger partial charge in [0.15, 0.2) is 11.5 Å². The first-order chi connectivity index (χ1) is 12.1. The number of amides is 2. The van der Waals surface area contributed by atoms with E-state index in [1.54, 1.807) is 48.7 Å². The van der Waals surface area contributed by atoms with E-state index in [9.17, 15) is 9.59 Å². The number of hydrogen-bond donors (Lipinski definition) is 3. The standard InChI is InChI=1S/C18H14N4O3/c19-17(23)13-7-5-12(6-8-13)3-1-9-20-18(24)15-11-14(21-22-15)16-4-2-10-25-16/h2,4-8,10-11H,9H2,(H2,19,23)(H,20,24)(H,21,22). The van der Waals surface area contributed by atoms with Crippen molar-refractivity contribution in [1.82, 2.24) is 15.5 Å². The molecule has 7 heteroatoms. The Bertz CT molecular complexity index is 944. The molecule has 0 unspecified atom stereocenters. The normalized spacial score (nSPS) is 9.92. The van der Waals surface area contributed by atoms with Gasteiger partial charge in [0.25, 0.3) is 5.91 Å². The molecule has 0 aliphatic rings. The molecule has 3 aromatic rings. The molecule has 0 aliphatic heterocycles. The molecule has 2 amide bonds. The van der Waals surface area contributed by atoms with E-state index in [0.717, 1.165) is 5.56 Å². The molecule has 7 nitrogen and oxygen atoms in total. The first-order valence-electron chi connectivity index (χ1n) is 7.40. The molecular weight excluding hydrogens is 320 g/mol. The largest absolute Gasteiger partial charge is 0.463 e. The Morgan fingerprint density at radius 3 is 2.72 bits per heavy atom. The maximum Gasteiger partial charge on any atom is 0.272 e. The van der Waals surface area contributed by atoms with Gasteiger partial charge in [-0.3, -0.25) is 14.7 Å². The van der Waals surface area contributed by atoms with Crippen molar-refractivity contribution in [2.45, 2.75) is 0 Å². The Balaban J connectivity index is 1.55. The van der Waals surface area contributed by atoms with E-state index >= 15 is 0 Å². The third kappa shape index (κ3) is 3.95. The van der Waals surface area contributed by atoms with Gasteiger partial charge in [-0.15, -0.1) is 0 Å². The van der Waals surface area contributed by atoms with Gasteiger partial charge in [-0.05, 0) is 36.4 Å². The minimum atomic E-state index is -0.486. The zero-order chi connectivity index (χ0) is 17.6. The summed E-state index contributed by atoms with van der Waals surface area (Å²) in [7, 11) is 0. The van der Waals surface area contributed by atoms with Crippen molar-refractivity contribution in [3.8, 4) is 23.3 Å². The molecule has 0 atom stereocenters. The second-order valence-electron chi connectivity index (χ2n) is 5.07. The van der Waals surface area contributed by atoms with E-state index in [1.165, 1.54) is 0 Å². The molecule has 0 aliphatic carbocycles. The summed E-state index contributed by atoms with van der Waals surface area (Å²) < 4.78 is 5.23. The number of benzene rings is 1. The third-order valence-electron chi connectivity index (χ3n) is 3.34. The van der Waals surface area contributed by atoms with Crippen LogP contribution in [0.2, 0.25) is 0 Å². The molecule has 1 aromatic carbocycles. The maximum absolute atomic E-state index is 12.0. The van der Waals surface area contributed by atoms with Gasteiger partial charge in [0.05, 0.1) is 12.8 Å². The van der Waals surface area contributed by atoms with Crippen LogP contribution in [0.4, 0.5) is 0 Å². The SMILES string of the molecule is NC(=O)c1ccc(C#CCNC(=O)c2cc(-c3ccco3)[nH]n2)cc1. The fraction of sp³-hybridized carbons (Fsp3) is 0.0556. The molecule has 0 fully saturated rings. The predicted octanol–water partition coefficient (Wildman–Crippen LogP) is 1.55. The number of H-pyrrole nitrogens is 1. The van der Waals surface area contributed by atoms with Crippen LogP contribution in [0.15, 0.2) is 53.1 Å². The number of furan rings is 1. The van der Waals surface area contributed by atoms with E-state index in [4.69, 9.17) is 10.2 Å². The van der Waals surface area contributed by atoms with Crippen molar-refractivity contribution in [3.05, 3.63) is 65.5 Å². The molecule has 124 valence electrons. The van der Waals surface area contributed by atoms with Crippen molar-refractivity contribution >= 4 is 11.8 Å². The second-order valence-corrected chi connectivity index (χ2v) is 5.07. The molecule has 0 spiro atoms. The maximum atomic E-state index is 12.0. The van der Waals surface area contributed by atoms with Gasteiger partial charge in [-0.25, -0.2) is 0 Å². The number of nitrogens with zero attached hydrogens (tertiary/aromatic N) is 1. The minimum absolute atomic E-state index is 0.166. The van der Waals surface area contributed by atoms with Gasteiger partial charge in [-0.2, -0.15) is 5.10 Å². The summed E-state index contributed by atoms with van der Waals surface area (Å²) in [6, 6.07) is 11.7. The molecule has 25 heavy (non-hydrogen) atoms. The highest BCUT2D eigenvalue weighted by atomic mass is 16.3. The van der Waals surface area contributed by atoms with Crippen LogP contribution in [0.25, 0.3) is 11.5 Å². The predicted molar refractivity (Wildman–Crippen MR) is 90.5 cm³/mol. The van der Waals surface area contributed by atoms with E-state index in [-0.39, 0.29) is 18.1 Å². The lowest BCUT2D eigenvalue weighted by atomic mass is 10.1. The van der Waals surface area contributed by atoms with Gasteiger partial charge < -0.3 is 15.5 Å². The van der Waals surface area contributed by atoms with Crippen LogP contribution in [0.5, 0.6) is 0 Å². The number of carbonyl (C=O) groups is 2. The van der Waals surface area contributed by atoms with Crippen molar-refractivity contribution < 1.29 is 14.0 Å². The number of hydrogen-bond acceptors (Lipinski definition) is 4. The molecule has 0 radical (unpaired) electrons. The fourth-order valence-electron chi connectivity index (χ4n) is 2.08. The van der Waals surface area contributed by atoms with Gasteiger partial charge in [0.2, 0.25) is 5.91 Å². The number of rotatable bonds is 4. The van der Waals surface area contributed by atoms with Crippen molar-refractivity contribution in [2.75, 3.05) is 6.54 Å². The van der Waals surface area contributed by atoms with Crippen LogP contribution < -0.4 is 11.1 Å². The molecule has 0 bridgehead atoms. The zero-order valence-corrected chi connectivity index (χ0v) is 13.1. The first kappa shape index (κ1) is 16.1. The first-order valence-corrected chi connectivity index (χ1v) is 7.40. The van der Waals surface area contributed by atoms with Gasteiger partial charge in [0.1, 0.15) is 5.69 Å². The summed E-state index contributed by atoms with van der Waals surface area (Å²) in [6.45, 7) is 0.166. The number of aromatic amines is 1. The Morgan fingerprint density at radius 2 is 2.04 bits per heavy atom. The van der Waals surface area contributed by atoms with Crippen LogP contribution in [0, 0.1) is 11.8 Å². The van der Waals surface area contributed by atoms with Crippen LogP contribution in [0.1, 0.15) is 26.4 Å². The zero-order valence-electron chi connectivity index (χ0n) is 13.1. The fourth-order valence-corrected chi connectivity index (χ4v) is 2.08. The highest BCUT2D eigenvalue weighted by Crippen LogP contribution is 2.17.